The van der Waals surface area contributed by atoms with Crippen molar-refractivity contribution in [1.82, 2.24) is 9.38 Å². The van der Waals surface area contributed by atoms with Crippen molar-refractivity contribution in [1.29, 1.82) is 0 Å². The Kier molecular flexibility index (Phi) is 3.06. The van der Waals surface area contributed by atoms with Gasteiger partial charge in [0.25, 0.3) is 0 Å². The molecule has 96 valence electrons. The third kappa shape index (κ3) is 2.38. The van der Waals surface area contributed by atoms with Crippen LogP contribution in [0.2, 0.25) is 0 Å². The maximum atomic E-state index is 5.15. The van der Waals surface area contributed by atoms with E-state index in [1.807, 2.05) is 40.9 Å². The largest absolute Gasteiger partial charge is 0.497 e. The number of methoxy groups -OCH3 is 1. The Morgan fingerprint density at radius 3 is 2.79 bits per heavy atom. The Hall–Kier alpha value is -2.49. The molecular formula is C15H15N3O. The second kappa shape index (κ2) is 5.02. The topological polar surface area (TPSA) is 38.6 Å². The zero-order chi connectivity index (χ0) is 13.1. The molecule has 19 heavy (non-hydrogen) atoms. The highest BCUT2D eigenvalue weighted by molar-refractivity contribution is 5.50. The van der Waals surface area contributed by atoms with Crippen molar-refractivity contribution in [3.8, 4) is 5.75 Å². The summed E-state index contributed by atoms with van der Waals surface area (Å²) in [5.41, 5.74) is 2.15. The number of benzene rings is 1. The first-order chi connectivity index (χ1) is 9.36. The molecule has 0 atom stereocenters. The van der Waals surface area contributed by atoms with E-state index in [0.717, 1.165) is 23.8 Å². The molecule has 0 aliphatic carbocycles. The van der Waals surface area contributed by atoms with Crippen LogP contribution in [0.3, 0.4) is 0 Å². The predicted octanol–water partition coefficient (Wildman–Crippen LogP) is 2.96. The molecule has 2 aromatic heterocycles. The van der Waals surface area contributed by atoms with Crippen LogP contribution in [0.4, 0.5) is 5.82 Å². The predicted molar refractivity (Wildman–Crippen MR) is 75.5 cm³/mol. The van der Waals surface area contributed by atoms with Gasteiger partial charge in [0.05, 0.1) is 7.11 Å². The van der Waals surface area contributed by atoms with E-state index >= 15 is 0 Å². The number of fused-ring (bicyclic) bond motifs is 1. The minimum atomic E-state index is 0.765. The lowest BCUT2D eigenvalue weighted by Crippen LogP contribution is -2.03. The molecule has 2 heterocycles. The van der Waals surface area contributed by atoms with E-state index in [4.69, 9.17) is 4.74 Å². The quantitative estimate of drug-likeness (QED) is 0.777. The molecular weight excluding hydrogens is 238 g/mol. The highest BCUT2D eigenvalue weighted by Crippen LogP contribution is 2.14. The molecule has 0 saturated carbocycles. The number of ether oxygens (including phenoxy) is 1. The van der Waals surface area contributed by atoms with E-state index in [1.54, 1.807) is 13.3 Å². The van der Waals surface area contributed by atoms with Crippen LogP contribution in [0.25, 0.3) is 5.65 Å². The van der Waals surface area contributed by atoms with Crippen molar-refractivity contribution in [2.24, 2.45) is 0 Å². The zero-order valence-corrected chi connectivity index (χ0v) is 10.7. The number of pyridine rings is 1. The Balaban J connectivity index is 1.76. The van der Waals surface area contributed by atoms with Gasteiger partial charge >= 0.3 is 0 Å². The van der Waals surface area contributed by atoms with Crippen LogP contribution in [-0.4, -0.2) is 16.5 Å². The molecule has 0 saturated heterocycles. The van der Waals surface area contributed by atoms with Gasteiger partial charge in [-0.2, -0.15) is 0 Å². The molecule has 0 bridgehead atoms. The van der Waals surface area contributed by atoms with Crippen molar-refractivity contribution in [2.75, 3.05) is 12.4 Å². The van der Waals surface area contributed by atoms with Gasteiger partial charge in [0.2, 0.25) is 0 Å². The van der Waals surface area contributed by atoms with Gasteiger partial charge in [-0.1, -0.05) is 18.2 Å². The van der Waals surface area contributed by atoms with E-state index < -0.39 is 0 Å². The standard InChI is InChI=1S/C15H15N3O/c1-19-13-7-5-12(6-8-13)11-17-15-4-2-3-14-16-9-10-18(14)15/h2-10,17H,11H2,1H3. The van der Waals surface area contributed by atoms with Crippen LogP contribution in [-0.2, 0) is 6.54 Å². The van der Waals surface area contributed by atoms with Gasteiger partial charge < -0.3 is 10.1 Å². The van der Waals surface area contributed by atoms with E-state index in [-0.39, 0.29) is 0 Å². The number of imidazole rings is 1. The number of rotatable bonds is 4. The summed E-state index contributed by atoms with van der Waals surface area (Å²) in [5, 5.41) is 3.41. The highest BCUT2D eigenvalue weighted by Gasteiger charge is 2.00. The first kappa shape index (κ1) is 11.6. The van der Waals surface area contributed by atoms with Crippen molar-refractivity contribution in [3.05, 3.63) is 60.4 Å². The van der Waals surface area contributed by atoms with Crippen LogP contribution in [0.5, 0.6) is 5.75 Å². The van der Waals surface area contributed by atoms with Gasteiger partial charge in [-0.3, -0.25) is 4.40 Å². The molecule has 4 nitrogen and oxygen atoms in total. The lowest BCUT2D eigenvalue weighted by atomic mass is 10.2. The molecule has 0 spiro atoms. The number of nitrogens with one attached hydrogen (secondary N) is 1. The number of aromatic nitrogens is 2. The summed E-state index contributed by atoms with van der Waals surface area (Å²) in [6.07, 6.45) is 3.75. The van der Waals surface area contributed by atoms with Crippen LogP contribution in [0, 0.1) is 0 Å². The smallest absolute Gasteiger partial charge is 0.138 e. The summed E-state index contributed by atoms with van der Waals surface area (Å²) >= 11 is 0. The first-order valence-electron chi connectivity index (χ1n) is 6.16. The van der Waals surface area contributed by atoms with Crippen LogP contribution < -0.4 is 10.1 Å². The fourth-order valence-electron chi connectivity index (χ4n) is 2.03. The number of anilines is 1. The van der Waals surface area contributed by atoms with Crippen molar-refractivity contribution in [3.63, 3.8) is 0 Å². The SMILES string of the molecule is COc1ccc(CNc2cccc3nccn23)cc1. The molecule has 0 amide bonds. The maximum Gasteiger partial charge on any atom is 0.138 e. The van der Waals surface area contributed by atoms with Crippen LogP contribution in [0.1, 0.15) is 5.56 Å². The molecule has 3 aromatic rings. The van der Waals surface area contributed by atoms with E-state index in [0.29, 0.717) is 0 Å². The average Bonchev–Trinajstić information content (AvgIpc) is 2.94. The molecule has 0 fully saturated rings. The molecule has 1 N–H and O–H groups in total. The first-order valence-corrected chi connectivity index (χ1v) is 6.16. The van der Waals surface area contributed by atoms with E-state index in [9.17, 15) is 0 Å². The minimum absolute atomic E-state index is 0.765. The summed E-state index contributed by atoms with van der Waals surface area (Å²) in [7, 11) is 1.67. The maximum absolute atomic E-state index is 5.15. The summed E-state index contributed by atoms with van der Waals surface area (Å²) in [6.45, 7) is 0.765. The van der Waals surface area contributed by atoms with Crippen molar-refractivity contribution >= 4 is 11.5 Å². The van der Waals surface area contributed by atoms with Gasteiger partial charge in [-0.05, 0) is 29.8 Å². The minimum Gasteiger partial charge on any atom is -0.497 e. The van der Waals surface area contributed by atoms with Gasteiger partial charge in [-0.25, -0.2) is 4.98 Å². The zero-order valence-electron chi connectivity index (χ0n) is 10.7. The molecule has 0 aliphatic heterocycles. The van der Waals surface area contributed by atoms with Crippen LogP contribution in [0.15, 0.2) is 54.9 Å². The third-order valence-corrected chi connectivity index (χ3v) is 3.06. The molecule has 0 radical (unpaired) electrons. The Morgan fingerprint density at radius 2 is 2.00 bits per heavy atom. The summed E-state index contributed by atoms with van der Waals surface area (Å²) < 4.78 is 7.18. The van der Waals surface area contributed by atoms with Gasteiger partial charge in [0.15, 0.2) is 0 Å². The Morgan fingerprint density at radius 1 is 1.16 bits per heavy atom. The van der Waals surface area contributed by atoms with Crippen molar-refractivity contribution < 1.29 is 4.74 Å². The summed E-state index contributed by atoms with van der Waals surface area (Å²) in [6, 6.07) is 14.1. The average molecular weight is 253 g/mol. The lowest BCUT2D eigenvalue weighted by Gasteiger charge is -2.09. The molecule has 4 heteroatoms. The van der Waals surface area contributed by atoms with Gasteiger partial charge in [0.1, 0.15) is 17.2 Å². The Bertz CT molecular complexity index is 673. The number of nitrogens with zero attached hydrogens (tertiary/aromatic N) is 2. The Labute approximate surface area is 111 Å². The normalized spacial score (nSPS) is 10.6. The second-order valence-electron chi connectivity index (χ2n) is 4.27. The van der Waals surface area contributed by atoms with Gasteiger partial charge in [-0.15, -0.1) is 0 Å². The van der Waals surface area contributed by atoms with Crippen LogP contribution >= 0.6 is 0 Å². The van der Waals surface area contributed by atoms with E-state index in [2.05, 4.69) is 22.4 Å². The molecule has 1 aromatic carbocycles. The van der Waals surface area contributed by atoms with Crippen molar-refractivity contribution in [2.45, 2.75) is 6.54 Å². The lowest BCUT2D eigenvalue weighted by molar-refractivity contribution is 0.414. The summed E-state index contributed by atoms with van der Waals surface area (Å²) in [5.74, 6) is 1.91. The molecule has 0 aliphatic rings. The third-order valence-electron chi connectivity index (χ3n) is 3.06. The molecule has 0 unspecified atom stereocenters. The summed E-state index contributed by atoms with van der Waals surface area (Å²) in [4.78, 5) is 4.26. The fraction of sp³-hybridized carbons (Fsp3) is 0.133. The second-order valence-corrected chi connectivity index (χ2v) is 4.27. The monoisotopic (exact) mass is 253 g/mol. The number of hydrogen-bond acceptors (Lipinski definition) is 3. The fourth-order valence-corrected chi connectivity index (χ4v) is 2.03. The molecule has 3 rings (SSSR count). The number of hydrogen-bond donors (Lipinski definition) is 1. The van der Waals surface area contributed by atoms with Gasteiger partial charge in [0, 0.05) is 18.9 Å². The van der Waals surface area contributed by atoms with E-state index in [1.165, 1.54) is 5.56 Å². The highest BCUT2D eigenvalue weighted by atomic mass is 16.5.